The Labute approximate surface area is 171 Å². The van der Waals surface area contributed by atoms with Gasteiger partial charge in [-0.1, -0.05) is 45.0 Å². The second kappa shape index (κ2) is 8.47. The fourth-order valence-corrected chi connectivity index (χ4v) is 3.11. The molecule has 2 aromatic rings. The number of hydrogen-bond donors (Lipinski definition) is 1. The van der Waals surface area contributed by atoms with Crippen molar-refractivity contribution in [2.75, 3.05) is 31.5 Å². The molecular formula is C23H27N3O3. The summed E-state index contributed by atoms with van der Waals surface area (Å²) in [5, 5.41) is 2.86. The van der Waals surface area contributed by atoms with E-state index in [1.165, 1.54) is 0 Å². The van der Waals surface area contributed by atoms with E-state index in [0.29, 0.717) is 43.0 Å². The second-order valence-corrected chi connectivity index (χ2v) is 8.24. The highest BCUT2D eigenvalue weighted by Crippen LogP contribution is 2.19. The third-order valence-corrected chi connectivity index (χ3v) is 4.92. The molecule has 3 rings (SSSR count). The van der Waals surface area contributed by atoms with Crippen LogP contribution in [0.5, 0.6) is 0 Å². The normalized spacial score (nSPS) is 14.4. The molecule has 3 amide bonds. The number of carbonyl (C=O) groups excluding carboxylic acids is 3. The van der Waals surface area contributed by atoms with Gasteiger partial charge in [0.2, 0.25) is 5.91 Å². The summed E-state index contributed by atoms with van der Waals surface area (Å²) in [5.41, 5.74) is 1.28. The Hall–Kier alpha value is -3.15. The molecule has 1 heterocycles. The number of hydrogen-bond acceptors (Lipinski definition) is 3. The van der Waals surface area contributed by atoms with Gasteiger partial charge in [-0.25, -0.2) is 0 Å². The van der Waals surface area contributed by atoms with Crippen LogP contribution in [0.4, 0.5) is 5.69 Å². The molecule has 29 heavy (non-hydrogen) atoms. The van der Waals surface area contributed by atoms with Crippen molar-refractivity contribution in [2.24, 2.45) is 5.41 Å². The number of nitrogens with one attached hydrogen (secondary N) is 1. The van der Waals surface area contributed by atoms with Crippen LogP contribution in [0.15, 0.2) is 54.6 Å². The first-order chi connectivity index (χ1) is 13.8. The minimum Gasteiger partial charge on any atom is -0.335 e. The van der Waals surface area contributed by atoms with Gasteiger partial charge in [-0.3, -0.25) is 14.4 Å². The molecule has 0 spiro atoms. The van der Waals surface area contributed by atoms with Gasteiger partial charge in [-0.2, -0.15) is 0 Å². The number of rotatable bonds is 3. The first-order valence-corrected chi connectivity index (χ1v) is 9.81. The molecule has 1 fully saturated rings. The maximum Gasteiger partial charge on any atom is 0.254 e. The molecule has 1 aliphatic rings. The van der Waals surface area contributed by atoms with Gasteiger partial charge in [0.1, 0.15) is 0 Å². The van der Waals surface area contributed by atoms with Gasteiger partial charge in [0.15, 0.2) is 0 Å². The van der Waals surface area contributed by atoms with Crippen LogP contribution < -0.4 is 5.32 Å². The fraction of sp³-hybridized carbons (Fsp3) is 0.348. The molecule has 0 saturated carbocycles. The molecule has 152 valence electrons. The van der Waals surface area contributed by atoms with E-state index in [9.17, 15) is 14.4 Å². The third-order valence-electron chi connectivity index (χ3n) is 4.92. The van der Waals surface area contributed by atoms with Crippen molar-refractivity contribution >= 4 is 23.4 Å². The van der Waals surface area contributed by atoms with E-state index in [2.05, 4.69) is 5.32 Å². The van der Waals surface area contributed by atoms with E-state index in [1.807, 2.05) is 39.0 Å². The number of amides is 3. The lowest BCUT2D eigenvalue weighted by Crippen LogP contribution is -2.50. The average molecular weight is 393 g/mol. The SMILES string of the molecule is CC(C)(C)C(=O)Nc1cccc(C(=O)N2CCN(C(=O)c3ccccc3)CC2)c1. The van der Waals surface area contributed by atoms with Crippen LogP contribution >= 0.6 is 0 Å². The molecule has 0 unspecified atom stereocenters. The largest absolute Gasteiger partial charge is 0.335 e. The van der Waals surface area contributed by atoms with Crippen molar-refractivity contribution in [2.45, 2.75) is 20.8 Å². The van der Waals surface area contributed by atoms with Gasteiger partial charge in [0.25, 0.3) is 11.8 Å². The van der Waals surface area contributed by atoms with Gasteiger partial charge in [-0.05, 0) is 30.3 Å². The monoisotopic (exact) mass is 393 g/mol. The predicted octanol–water partition coefficient (Wildman–Crippen LogP) is 3.27. The summed E-state index contributed by atoms with van der Waals surface area (Å²) in [7, 11) is 0. The number of anilines is 1. The topological polar surface area (TPSA) is 69.7 Å². The van der Waals surface area contributed by atoms with E-state index in [4.69, 9.17) is 0 Å². The summed E-state index contributed by atoms with van der Waals surface area (Å²) >= 11 is 0. The number of benzene rings is 2. The lowest BCUT2D eigenvalue weighted by Gasteiger charge is -2.35. The van der Waals surface area contributed by atoms with Crippen LogP contribution in [0.2, 0.25) is 0 Å². The van der Waals surface area contributed by atoms with Crippen LogP contribution in [0.1, 0.15) is 41.5 Å². The molecule has 0 aromatic heterocycles. The highest BCUT2D eigenvalue weighted by molar-refractivity contribution is 5.99. The molecule has 0 radical (unpaired) electrons. The summed E-state index contributed by atoms with van der Waals surface area (Å²) in [5.74, 6) is -0.205. The van der Waals surface area contributed by atoms with Gasteiger partial charge in [0, 0.05) is 48.4 Å². The molecular weight excluding hydrogens is 366 g/mol. The summed E-state index contributed by atoms with van der Waals surface area (Å²) in [6.45, 7) is 7.49. The summed E-state index contributed by atoms with van der Waals surface area (Å²) < 4.78 is 0. The van der Waals surface area contributed by atoms with Crippen molar-refractivity contribution in [3.05, 3.63) is 65.7 Å². The Bertz CT molecular complexity index is 895. The van der Waals surface area contributed by atoms with Crippen molar-refractivity contribution in [1.82, 2.24) is 9.80 Å². The smallest absolute Gasteiger partial charge is 0.254 e. The zero-order valence-corrected chi connectivity index (χ0v) is 17.1. The maximum atomic E-state index is 12.9. The molecule has 1 saturated heterocycles. The van der Waals surface area contributed by atoms with Gasteiger partial charge in [0.05, 0.1) is 0 Å². The van der Waals surface area contributed by atoms with Crippen LogP contribution in [-0.2, 0) is 4.79 Å². The Balaban J connectivity index is 1.61. The highest BCUT2D eigenvalue weighted by Gasteiger charge is 2.26. The molecule has 2 aromatic carbocycles. The quantitative estimate of drug-likeness (QED) is 0.870. The minimum atomic E-state index is -0.512. The van der Waals surface area contributed by atoms with Crippen LogP contribution in [0.3, 0.4) is 0 Å². The molecule has 0 aliphatic carbocycles. The third kappa shape index (κ3) is 5.02. The van der Waals surface area contributed by atoms with Crippen LogP contribution in [0.25, 0.3) is 0 Å². The van der Waals surface area contributed by atoms with E-state index in [0.717, 1.165) is 0 Å². The summed E-state index contributed by atoms with van der Waals surface area (Å²) in [6, 6.07) is 16.2. The fourth-order valence-electron chi connectivity index (χ4n) is 3.11. The lowest BCUT2D eigenvalue weighted by molar-refractivity contribution is -0.123. The highest BCUT2D eigenvalue weighted by atomic mass is 16.2. The predicted molar refractivity (Wildman–Crippen MR) is 113 cm³/mol. The Kier molecular flexibility index (Phi) is 6.01. The number of nitrogens with zero attached hydrogens (tertiary/aromatic N) is 2. The second-order valence-electron chi connectivity index (χ2n) is 8.24. The van der Waals surface area contributed by atoms with Crippen molar-refractivity contribution < 1.29 is 14.4 Å². The molecule has 0 atom stereocenters. The van der Waals surface area contributed by atoms with Crippen molar-refractivity contribution in [3.63, 3.8) is 0 Å². The van der Waals surface area contributed by atoms with Gasteiger partial charge in [-0.15, -0.1) is 0 Å². The Morgan fingerprint density at radius 2 is 1.28 bits per heavy atom. The Morgan fingerprint density at radius 1 is 0.759 bits per heavy atom. The zero-order chi connectivity index (χ0) is 21.0. The van der Waals surface area contributed by atoms with Crippen LogP contribution in [0, 0.1) is 5.41 Å². The zero-order valence-electron chi connectivity index (χ0n) is 17.1. The molecule has 6 nitrogen and oxygen atoms in total. The van der Waals surface area contributed by atoms with E-state index in [1.54, 1.807) is 46.2 Å². The summed E-state index contributed by atoms with van der Waals surface area (Å²) in [4.78, 5) is 41.2. The van der Waals surface area contributed by atoms with Gasteiger partial charge < -0.3 is 15.1 Å². The first kappa shape index (κ1) is 20.6. The average Bonchev–Trinajstić information content (AvgIpc) is 2.73. The number of carbonyl (C=O) groups is 3. The van der Waals surface area contributed by atoms with E-state index < -0.39 is 5.41 Å². The molecule has 0 bridgehead atoms. The molecule has 1 aliphatic heterocycles. The molecule has 6 heteroatoms. The maximum absolute atomic E-state index is 12.9. The number of piperazine rings is 1. The van der Waals surface area contributed by atoms with Crippen molar-refractivity contribution in [3.8, 4) is 0 Å². The van der Waals surface area contributed by atoms with Crippen LogP contribution in [-0.4, -0.2) is 53.7 Å². The lowest BCUT2D eigenvalue weighted by atomic mass is 9.95. The summed E-state index contributed by atoms with van der Waals surface area (Å²) in [6.07, 6.45) is 0. The standard InChI is InChI=1S/C23H27N3O3/c1-23(2,3)22(29)24-19-11-7-10-18(16-19)21(28)26-14-12-25(13-15-26)20(27)17-8-5-4-6-9-17/h4-11,16H,12-15H2,1-3H3,(H,24,29). The first-order valence-electron chi connectivity index (χ1n) is 9.81. The van der Waals surface area contributed by atoms with Crippen molar-refractivity contribution in [1.29, 1.82) is 0 Å². The van der Waals surface area contributed by atoms with E-state index >= 15 is 0 Å². The van der Waals surface area contributed by atoms with Gasteiger partial charge >= 0.3 is 0 Å². The van der Waals surface area contributed by atoms with E-state index in [-0.39, 0.29) is 17.7 Å². The molecule has 1 N–H and O–H groups in total. The Morgan fingerprint density at radius 3 is 1.83 bits per heavy atom. The minimum absolute atomic E-state index is 0.00964.